The Morgan fingerprint density at radius 3 is 2.68 bits per heavy atom. The van der Waals surface area contributed by atoms with Gasteiger partial charge in [-0.3, -0.25) is 10.2 Å². The molecule has 2 aromatic carbocycles. The van der Waals surface area contributed by atoms with E-state index >= 15 is 0 Å². The first-order valence-electron chi connectivity index (χ1n) is 9.81. The summed E-state index contributed by atoms with van der Waals surface area (Å²) in [4.78, 5) is 5.17. The Morgan fingerprint density at radius 2 is 1.75 bits per heavy atom. The van der Waals surface area contributed by atoms with Crippen molar-refractivity contribution >= 4 is 38.5 Å². The van der Waals surface area contributed by atoms with Gasteiger partial charge in [0, 0.05) is 21.7 Å². The van der Waals surface area contributed by atoms with Crippen LogP contribution >= 0.6 is 0 Å². The molecular formula is C22H18N6. The van der Waals surface area contributed by atoms with E-state index in [1.165, 1.54) is 41.2 Å². The van der Waals surface area contributed by atoms with Gasteiger partial charge in [0.15, 0.2) is 5.82 Å². The maximum atomic E-state index is 6.06. The third-order valence-electron chi connectivity index (χ3n) is 6.76. The molecule has 0 spiro atoms. The summed E-state index contributed by atoms with van der Waals surface area (Å²) in [6, 6.07) is 10.5. The lowest BCUT2D eigenvalue weighted by Gasteiger charge is -2.21. The number of hydrogen-bond donors (Lipinski definition) is 3. The van der Waals surface area contributed by atoms with E-state index in [0.29, 0.717) is 17.7 Å². The lowest BCUT2D eigenvalue weighted by molar-refractivity contribution is 0.721. The average Bonchev–Trinajstić information content (AvgIpc) is 3.51. The SMILES string of the molecule is Nc1n[nH]c2ccc(-c3nc4ccc5[nH]ncc5c4c4c3[C@H]3CCC4C3)cc12. The average molecular weight is 366 g/mol. The molecule has 5 aromatic rings. The molecule has 2 aliphatic rings. The molecule has 6 heteroatoms. The minimum absolute atomic E-state index is 0.538. The Hall–Kier alpha value is -3.41. The Labute approximate surface area is 160 Å². The van der Waals surface area contributed by atoms with E-state index in [1.807, 2.05) is 6.20 Å². The number of nitrogens with zero attached hydrogens (tertiary/aromatic N) is 3. The molecule has 1 saturated carbocycles. The summed E-state index contributed by atoms with van der Waals surface area (Å²) in [5.41, 5.74) is 14.3. The molecule has 6 nitrogen and oxygen atoms in total. The van der Waals surface area contributed by atoms with Gasteiger partial charge in [0.2, 0.25) is 0 Å². The quantitative estimate of drug-likeness (QED) is 0.404. The summed E-state index contributed by atoms with van der Waals surface area (Å²) in [5, 5.41) is 18.0. The lowest BCUT2D eigenvalue weighted by atomic mass is 9.85. The van der Waals surface area contributed by atoms with Crippen molar-refractivity contribution in [2.24, 2.45) is 0 Å². The van der Waals surface area contributed by atoms with E-state index in [4.69, 9.17) is 10.7 Å². The Morgan fingerprint density at radius 1 is 0.929 bits per heavy atom. The standard InChI is InChI=1S/C22H18N6/c23-22-13-8-12(3-4-15(13)27-28-22)21-19-11-2-1-10(7-11)18(19)20-14-9-24-26-16(14)5-6-17(20)25-21/h3-6,8-11H,1-2,7H2,(H,24,26)(H3,23,27,28)/t10?,11-/m0/s1. The van der Waals surface area contributed by atoms with Crippen LogP contribution in [0.15, 0.2) is 36.5 Å². The maximum absolute atomic E-state index is 6.06. The van der Waals surface area contributed by atoms with Crippen molar-refractivity contribution < 1.29 is 0 Å². The van der Waals surface area contributed by atoms with Crippen LogP contribution in [0.25, 0.3) is 44.0 Å². The summed E-state index contributed by atoms with van der Waals surface area (Å²) < 4.78 is 0. The topological polar surface area (TPSA) is 96.3 Å². The second kappa shape index (κ2) is 4.90. The Bertz CT molecular complexity index is 1430. The van der Waals surface area contributed by atoms with Crippen molar-refractivity contribution in [2.75, 3.05) is 5.73 Å². The van der Waals surface area contributed by atoms with Crippen LogP contribution in [0.4, 0.5) is 5.82 Å². The van der Waals surface area contributed by atoms with E-state index in [9.17, 15) is 0 Å². The van der Waals surface area contributed by atoms with Crippen LogP contribution < -0.4 is 5.73 Å². The van der Waals surface area contributed by atoms with Gasteiger partial charge in [-0.25, -0.2) is 4.98 Å². The minimum atomic E-state index is 0.538. The molecule has 7 rings (SSSR count). The van der Waals surface area contributed by atoms with Crippen LogP contribution in [-0.2, 0) is 0 Å². The third-order valence-corrected chi connectivity index (χ3v) is 6.76. The van der Waals surface area contributed by atoms with E-state index in [-0.39, 0.29) is 0 Å². The zero-order chi connectivity index (χ0) is 18.4. The largest absolute Gasteiger partial charge is 0.382 e. The van der Waals surface area contributed by atoms with Crippen LogP contribution in [0, 0.1) is 0 Å². The highest BCUT2D eigenvalue weighted by molar-refractivity contribution is 6.08. The molecule has 136 valence electrons. The number of benzene rings is 2. The number of pyridine rings is 1. The van der Waals surface area contributed by atoms with Gasteiger partial charge in [0.25, 0.3) is 0 Å². The van der Waals surface area contributed by atoms with Crippen molar-refractivity contribution in [1.82, 2.24) is 25.4 Å². The number of H-pyrrole nitrogens is 2. The van der Waals surface area contributed by atoms with Gasteiger partial charge in [-0.05, 0) is 66.5 Å². The summed E-state index contributed by atoms with van der Waals surface area (Å²) >= 11 is 0. The molecule has 4 N–H and O–H groups in total. The summed E-state index contributed by atoms with van der Waals surface area (Å²) in [5.74, 6) is 1.77. The maximum Gasteiger partial charge on any atom is 0.153 e. The number of nitrogens with one attached hydrogen (secondary N) is 2. The smallest absolute Gasteiger partial charge is 0.153 e. The number of hydrogen-bond acceptors (Lipinski definition) is 4. The number of nitrogens with two attached hydrogens (primary N) is 1. The number of nitrogen functional groups attached to an aromatic ring is 1. The van der Waals surface area contributed by atoms with Crippen LogP contribution in [0.5, 0.6) is 0 Å². The molecule has 2 aliphatic carbocycles. The predicted molar refractivity (Wildman–Crippen MR) is 110 cm³/mol. The van der Waals surface area contributed by atoms with Crippen molar-refractivity contribution in [3.63, 3.8) is 0 Å². The third kappa shape index (κ3) is 1.70. The first-order valence-corrected chi connectivity index (χ1v) is 9.81. The molecule has 2 bridgehead atoms. The molecule has 28 heavy (non-hydrogen) atoms. The number of aromatic nitrogens is 5. The molecule has 3 aromatic heterocycles. The van der Waals surface area contributed by atoms with Crippen molar-refractivity contribution in [3.8, 4) is 11.3 Å². The van der Waals surface area contributed by atoms with Gasteiger partial charge >= 0.3 is 0 Å². The molecule has 0 amide bonds. The van der Waals surface area contributed by atoms with Crippen molar-refractivity contribution in [2.45, 2.75) is 31.1 Å². The Kier molecular flexibility index (Phi) is 2.56. The monoisotopic (exact) mass is 366 g/mol. The normalized spacial score (nSPS) is 20.6. The summed E-state index contributed by atoms with van der Waals surface area (Å²) in [6.45, 7) is 0. The molecule has 1 fully saturated rings. The van der Waals surface area contributed by atoms with E-state index in [0.717, 1.165) is 33.2 Å². The molecule has 3 heterocycles. The number of aromatic amines is 2. The van der Waals surface area contributed by atoms with Gasteiger partial charge in [-0.1, -0.05) is 6.07 Å². The first kappa shape index (κ1) is 14.6. The molecular weight excluding hydrogens is 348 g/mol. The van der Waals surface area contributed by atoms with Crippen LogP contribution in [0.3, 0.4) is 0 Å². The molecule has 0 radical (unpaired) electrons. The van der Waals surface area contributed by atoms with E-state index in [2.05, 4.69) is 50.7 Å². The molecule has 0 saturated heterocycles. The summed E-state index contributed by atoms with van der Waals surface area (Å²) in [6.07, 6.45) is 5.73. The minimum Gasteiger partial charge on any atom is -0.382 e. The number of anilines is 1. The van der Waals surface area contributed by atoms with Gasteiger partial charge in [0.05, 0.1) is 28.4 Å². The summed E-state index contributed by atoms with van der Waals surface area (Å²) in [7, 11) is 0. The van der Waals surface area contributed by atoms with E-state index < -0.39 is 0 Å². The van der Waals surface area contributed by atoms with Crippen molar-refractivity contribution in [3.05, 3.63) is 47.7 Å². The van der Waals surface area contributed by atoms with Gasteiger partial charge in [-0.15, -0.1) is 0 Å². The molecule has 0 aliphatic heterocycles. The van der Waals surface area contributed by atoms with E-state index in [1.54, 1.807) is 0 Å². The number of fused-ring (bicyclic) bond motifs is 10. The Balaban J connectivity index is 1.61. The highest BCUT2D eigenvalue weighted by atomic mass is 15.1. The second-order valence-electron chi connectivity index (χ2n) is 8.15. The lowest BCUT2D eigenvalue weighted by Crippen LogP contribution is -2.04. The predicted octanol–water partition coefficient (Wildman–Crippen LogP) is 4.60. The fourth-order valence-corrected chi connectivity index (χ4v) is 5.57. The van der Waals surface area contributed by atoms with Gasteiger partial charge in [0.1, 0.15) is 0 Å². The zero-order valence-corrected chi connectivity index (χ0v) is 15.2. The highest BCUT2D eigenvalue weighted by Gasteiger charge is 2.41. The fourth-order valence-electron chi connectivity index (χ4n) is 5.57. The first-order chi connectivity index (χ1) is 13.8. The zero-order valence-electron chi connectivity index (χ0n) is 15.2. The van der Waals surface area contributed by atoms with Crippen LogP contribution in [0.1, 0.15) is 42.2 Å². The highest BCUT2D eigenvalue weighted by Crippen LogP contribution is 2.57. The van der Waals surface area contributed by atoms with Gasteiger partial charge in [-0.2, -0.15) is 10.2 Å². The van der Waals surface area contributed by atoms with Crippen LogP contribution in [0.2, 0.25) is 0 Å². The molecule has 1 unspecified atom stereocenters. The fraction of sp³-hybridized carbons (Fsp3) is 0.227. The number of rotatable bonds is 1. The van der Waals surface area contributed by atoms with Gasteiger partial charge < -0.3 is 5.73 Å². The van der Waals surface area contributed by atoms with Crippen LogP contribution in [-0.4, -0.2) is 25.4 Å². The van der Waals surface area contributed by atoms with Crippen molar-refractivity contribution in [1.29, 1.82) is 0 Å². The second-order valence-corrected chi connectivity index (χ2v) is 8.15. The molecule has 2 atom stereocenters.